The molecule has 2 N–H and O–H groups in total. The second-order valence-corrected chi connectivity index (χ2v) is 12.9. The molecular weight excluding hydrogens is 609 g/mol. The van der Waals surface area contributed by atoms with Crippen molar-refractivity contribution >= 4 is 42.7 Å². The first-order chi connectivity index (χ1) is 20.7. The molecule has 2 aromatic heterocycles. The van der Waals surface area contributed by atoms with Crippen molar-refractivity contribution in [3.8, 4) is 5.88 Å². The minimum atomic E-state index is -4.02. The van der Waals surface area contributed by atoms with E-state index >= 15 is 0 Å². The van der Waals surface area contributed by atoms with Crippen molar-refractivity contribution in [2.45, 2.75) is 49.9 Å². The molecular formula is C26H29ClN5O10P. The fourth-order valence-electron chi connectivity index (χ4n) is 5.76. The van der Waals surface area contributed by atoms with Gasteiger partial charge in [0.1, 0.15) is 12.4 Å². The number of imidazole rings is 1. The van der Waals surface area contributed by atoms with E-state index in [-0.39, 0.29) is 36.6 Å². The summed E-state index contributed by atoms with van der Waals surface area (Å²) in [4.78, 5) is 25.3. The van der Waals surface area contributed by atoms with Crippen molar-refractivity contribution in [3.63, 3.8) is 0 Å². The van der Waals surface area contributed by atoms with Crippen molar-refractivity contribution in [1.29, 1.82) is 0 Å². The summed E-state index contributed by atoms with van der Waals surface area (Å²) in [6.45, 7) is 3.11. The number of benzene rings is 1. The van der Waals surface area contributed by atoms with Crippen LogP contribution in [0.15, 0.2) is 30.6 Å². The summed E-state index contributed by atoms with van der Waals surface area (Å²) in [5.74, 6) is 0.381. The molecule has 0 unspecified atom stereocenters. The Morgan fingerprint density at radius 3 is 2.93 bits per heavy atom. The quantitative estimate of drug-likeness (QED) is 0.277. The maximum Gasteiger partial charge on any atom is 0.509 e. The highest BCUT2D eigenvalue weighted by Gasteiger charge is 2.64. The highest BCUT2D eigenvalue weighted by molar-refractivity contribution is 7.48. The van der Waals surface area contributed by atoms with Gasteiger partial charge in [-0.1, -0.05) is 23.7 Å². The summed E-state index contributed by atoms with van der Waals surface area (Å²) in [5, 5.41) is 0.525. The van der Waals surface area contributed by atoms with Crippen molar-refractivity contribution in [2.24, 2.45) is 5.92 Å². The predicted octanol–water partition coefficient (Wildman–Crippen LogP) is 3.97. The summed E-state index contributed by atoms with van der Waals surface area (Å²) in [5.41, 5.74) is 6.00. The van der Waals surface area contributed by atoms with Gasteiger partial charge in [-0.2, -0.15) is 9.97 Å². The molecule has 4 aliphatic rings. The van der Waals surface area contributed by atoms with Crippen molar-refractivity contribution in [1.82, 2.24) is 19.5 Å². The van der Waals surface area contributed by atoms with E-state index in [1.165, 1.54) is 6.33 Å². The lowest BCUT2D eigenvalue weighted by molar-refractivity contribution is -0.0925. The number of hydrogen-bond acceptors (Lipinski definition) is 14. The van der Waals surface area contributed by atoms with E-state index in [1.807, 2.05) is 6.07 Å². The Morgan fingerprint density at radius 1 is 1.23 bits per heavy atom. The van der Waals surface area contributed by atoms with E-state index in [4.69, 9.17) is 54.6 Å². The van der Waals surface area contributed by atoms with Crippen LogP contribution in [-0.2, 0) is 37.1 Å². The first kappa shape index (κ1) is 28.7. The summed E-state index contributed by atoms with van der Waals surface area (Å²) in [7, 11) is -4.02. The fourth-order valence-corrected chi connectivity index (χ4v) is 7.35. The maximum absolute atomic E-state index is 13.5. The highest BCUT2D eigenvalue weighted by atomic mass is 35.5. The van der Waals surface area contributed by atoms with Crippen molar-refractivity contribution in [3.05, 3.63) is 41.2 Å². The number of halogens is 1. The molecule has 230 valence electrons. The van der Waals surface area contributed by atoms with E-state index in [1.54, 1.807) is 29.7 Å². The first-order valence-electron chi connectivity index (χ1n) is 13.8. The van der Waals surface area contributed by atoms with E-state index in [0.717, 1.165) is 12.0 Å². The molecule has 4 saturated heterocycles. The summed E-state index contributed by atoms with van der Waals surface area (Å²) >= 11 is 6.13. The molecule has 17 heteroatoms. The van der Waals surface area contributed by atoms with Gasteiger partial charge in [0.25, 0.3) is 0 Å². The lowest BCUT2D eigenvalue weighted by atomic mass is 9.96. The predicted molar refractivity (Wildman–Crippen MR) is 147 cm³/mol. The van der Waals surface area contributed by atoms with E-state index < -0.39 is 44.1 Å². The smallest absolute Gasteiger partial charge is 0.476 e. The largest absolute Gasteiger partial charge is 0.509 e. The van der Waals surface area contributed by atoms with Crippen LogP contribution >= 0.6 is 19.4 Å². The van der Waals surface area contributed by atoms with E-state index in [0.29, 0.717) is 36.8 Å². The lowest BCUT2D eigenvalue weighted by Crippen LogP contribution is -2.42. The molecule has 0 spiro atoms. The number of phosphoric ester groups is 1. The average molecular weight is 638 g/mol. The van der Waals surface area contributed by atoms with Gasteiger partial charge in [0.2, 0.25) is 11.8 Å². The summed E-state index contributed by atoms with van der Waals surface area (Å²) in [6.07, 6.45) is -1.46. The molecule has 1 aromatic carbocycles. The van der Waals surface area contributed by atoms with Crippen LogP contribution in [0.1, 0.15) is 37.7 Å². The molecule has 0 amide bonds. The topological polar surface area (TPSA) is 178 Å². The van der Waals surface area contributed by atoms with Crippen molar-refractivity contribution < 1.29 is 46.6 Å². The van der Waals surface area contributed by atoms with Gasteiger partial charge in [-0.3, -0.25) is 18.1 Å². The Hall–Kier alpha value is -3.04. The van der Waals surface area contributed by atoms with Gasteiger partial charge in [0.15, 0.2) is 29.1 Å². The minimum Gasteiger partial charge on any atom is -0.476 e. The Kier molecular flexibility index (Phi) is 7.45. The number of nitrogens with two attached hydrogens (primary N) is 1. The molecule has 4 aliphatic heterocycles. The number of nitrogens with zero attached hydrogens (tertiary/aromatic N) is 4. The van der Waals surface area contributed by atoms with Gasteiger partial charge in [-0.15, -0.1) is 0 Å². The number of phosphoric acid groups is 1. The standard InChI is InChI=1S/C26H29ClN5O10P/c1-26-20(40-25(33)41-26)18(12-38-43(34)37-8-6-17(42-43)15-3-2-4-16(27)9-15)39-23(26)32-13-29-21-19(32)22(31-24(28)30-21)36-11-14-5-7-35-10-14/h2-4,9,13-14,17-18,20,23H,5-8,10-12H2,1H3,(H2,28,30,31)/t14-,17-,18+,20+,23+,26+,43+/m0/s1. The van der Waals surface area contributed by atoms with Gasteiger partial charge in [-0.05, 0) is 31.0 Å². The van der Waals surface area contributed by atoms with Crippen LogP contribution in [-0.4, -0.2) is 76.5 Å². The second-order valence-electron chi connectivity index (χ2n) is 10.9. The number of ether oxygens (including phenoxy) is 5. The molecule has 6 heterocycles. The summed E-state index contributed by atoms with van der Waals surface area (Å²) < 4.78 is 61.0. The SMILES string of the molecule is C[C@@]12OC(=O)O[C@@H]1[C@@H](CO[P@@]1(=O)OCC[C@@H](c3cccc(Cl)c3)O1)O[C@H]2n1cnc2nc(N)nc(OC[C@H]3CCOC3)c21. The third-order valence-electron chi connectivity index (χ3n) is 7.87. The third kappa shape index (κ3) is 5.43. The zero-order valence-electron chi connectivity index (χ0n) is 23.0. The van der Waals surface area contributed by atoms with Crippen LogP contribution in [0.4, 0.5) is 10.7 Å². The van der Waals surface area contributed by atoms with Crippen LogP contribution in [0.25, 0.3) is 11.2 Å². The number of aromatic nitrogens is 4. The van der Waals surface area contributed by atoms with Gasteiger partial charge in [0, 0.05) is 24.0 Å². The zero-order valence-corrected chi connectivity index (χ0v) is 24.6. The number of carbonyl (C=O) groups is 1. The monoisotopic (exact) mass is 637 g/mol. The number of rotatable bonds is 8. The van der Waals surface area contributed by atoms with E-state index in [2.05, 4.69) is 15.0 Å². The van der Waals surface area contributed by atoms with Crippen molar-refractivity contribution in [2.75, 3.05) is 38.8 Å². The Balaban J connectivity index is 1.13. The molecule has 7 atom stereocenters. The van der Waals surface area contributed by atoms with Crippen LogP contribution in [0.3, 0.4) is 0 Å². The molecule has 0 radical (unpaired) electrons. The number of carbonyl (C=O) groups excluding carboxylic acids is 1. The van der Waals surface area contributed by atoms with E-state index in [9.17, 15) is 9.36 Å². The first-order valence-corrected chi connectivity index (χ1v) is 15.6. The molecule has 0 bridgehead atoms. The average Bonchev–Trinajstić information content (AvgIpc) is 3.75. The fraction of sp³-hybridized carbons (Fsp3) is 0.538. The molecule has 15 nitrogen and oxygen atoms in total. The molecule has 7 rings (SSSR count). The third-order valence-corrected chi connectivity index (χ3v) is 9.58. The van der Waals surface area contributed by atoms with Crippen LogP contribution in [0.2, 0.25) is 5.02 Å². The Labute approximate surface area is 250 Å². The molecule has 43 heavy (non-hydrogen) atoms. The highest BCUT2D eigenvalue weighted by Crippen LogP contribution is 2.58. The maximum atomic E-state index is 13.5. The number of hydrogen-bond donors (Lipinski definition) is 1. The minimum absolute atomic E-state index is 0.0120. The Bertz CT molecular complexity index is 1590. The normalized spacial score (nSPS) is 33.8. The molecule has 0 aliphatic carbocycles. The molecule has 3 aromatic rings. The van der Waals surface area contributed by atoms with Gasteiger partial charge < -0.3 is 29.4 Å². The molecule has 0 saturated carbocycles. The number of nitrogen functional groups attached to an aromatic ring is 1. The van der Waals surface area contributed by atoms with Gasteiger partial charge >= 0.3 is 14.0 Å². The van der Waals surface area contributed by atoms with Crippen LogP contribution in [0.5, 0.6) is 5.88 Å². The lowest BCUT2D eigenvalue weighted by Gasteiger charge is -2.30. The van der Waals surface area contributed by atoms with Gasteiger partial charge in [0.05, 0.1) is 32.5 Å². The second kappa shape index (κ2) is 11.1. The molecule has 4 fully saturated rings. The van der Waals surface area contributed by atoms with Crippen LogP contribution < -0.4 is 10.5 Å². The zero-order chi connectivity index (χ0) is 29.8. The number of anilines is 1. The van der Waals surface area contributed by atoms with Crippen LogP contribution in [0, 0.1) is 5.92 Å². The number of fused-ring (bicyclic) bond motifs is 2. The Morgan fingerprint density at radius 2 is 2.12 bits per heavy atom. The van der Waals surface area contributed by atoms with Gasteiger partial charge in [-0.25, -0.2) is 14.3 Å². The summed E-state index contributed by atoms with van der Waals surface area (Å²) in [6, 6.07) is 7.08.